The number of carbonyl (C=O) groups excluding carboxylic acids is 2. The number of para-hydroxylation sites is 1. The molecule has 0 bridgehead atoms. The number of nitro benzene ring substituents is 1. The lowest BCUT2D eigenvalue weighted by Gasteiger charge is -2.16. The normalized spacial score (nSPS) is 13.4. The maximum absolute atomic E-state index is 12.3. The Morgan fingerprint density at radius 3 is 2.44 bits per heavy atom. The first-order valence-electron chi connectivity index (χ1n) is 9.23. The van der Waals surface area contributed by atoms with E-state index in [0.717, 1.165) is 5.69 Å². The molecular weight excluding hydrogens is 434 g/mol. The van der Waals surface area contributed by atoms with Crippen molar-refractivity contribution in [2.24, 2.45) is 0 Å². The minimum atomic E-state index is -0.655. The van der Waals surface area contributed by atoms with Gasteiger partial charge in [-0.15, -0.1) is 0 Å². The third kappa shape index (κ3) is 3.96. The van der Waals surface area contributed by atoms with Crippen LogP contribution in [0, 0.1) is 10.1 Å². The van der Waals surface area contributed by atoms with Crippen molar-refractivity contribution in [3.05, 3.63) is 76.0 Å². The van der Waals surface area contributed by atoms with E-state index < -0.39 is 16.7 Å². The summed E-state index contributed by atoms with van der Waals surface area (Å²) in [5, 5.41) is 20.7. The number of nitrogens with one attached hydrogen (secondary N) is 2. The van der Waals surface area contributed by atoms with Gasteiger partial charge in [-0.05, 0) is 42.6 Å². The van der Waals surface area contributed by atoms with Crippen LogP contribution in [-0.2, 0) is 9.59 Å². The quantitative estimate of drug-likeness (QED) is 0.201. The first-order valence-corrected chi connectivity index (χ1v) is 9.64. The topological polar surface area (TPSA) is 128 Å². The monoisotopic (exact) mass is 449 g/mol. The van der Waals surface area contributed by atoms with Crippen molar-refractivity contribution in [2.45, 2.75) is 0 Å². The Balaban J connectivity index is 1.89. The molecule has 0 saturated carbocycles. The van der Waals surface area contributed by atoms with Gasteiger partial charge in [0, 0.05) is 23.4 Å². The van der Waals surface area contributed by atoms with E-state index in [9.17, 15) is 19.7 Å². The Bertz CT molecular complexity index is 1280. The minimum absolute atomic E-state index is 0.0804. The van der Waals surface area contributed by atoms with E-state index in [2.05, 4.69) is 15.7 Å². The fraction of sp³-hybridized carbons (Fsp3) is 0.0476. The molecule has 0 radical (unpaired) electrons. The van der Waals surface area contributed by atoms with Gasteiger partial charge in [0.25, 0.3) is 11.8 Å². The second kappa shape index (κ2) is 8.40. The summed E-state index contributed by atoms with van der Waals surface area (Å²) in [6.07, 6.45) is 2.99. The second-order valence-corrected chi connectivity index (χ2v) is 7.06. The van der Waals surface area contributed by atoms with Crippen LogP contribution < -0.4 is 15.4 Å². The van der Waals surface area contributed by atoms with Crippen LogP contribution in [0.25, 0.3) is 23.0 Å². The lowest BCUT2D eigenvalue weighted by molar-refractivity contribution is -0.385. The molecule has 3 aromatic rings. The van der Waals surface area contributed by atoms with E-state index in [1.54, 1.807) is 16.9 Å². The van der Waals surface area contributed by atoms with E-state index in [-0.39, 0.29) is 22.1 Å². The number of ether oxygens (including phenoxy) is 1. The number of hydrogen-bond acceptors (Lipinski definition) is 7. The van der Waals surface area contributed by atoms with Gasteiger partial charge in [-0.3, -0.25) is 30.3 Å². The van der Waals surface area contributed by atoms with Crippen LogP contribution in [0.15, 0.2) is 60.3 Å². The summed E-state index contributed by atoms with van der Waals surface area (Å²) in [5.74, 6) is -1.21. The third-order valence-corrected chi connectivity index (χ3v) is 4.86. The van der Waals surface area contributed by atoms with Crippen LogP contribution >= 0.6 is 12.2 Å². The molecule has 160 valence electrons. The van der Waals surface area contributed by atoms with Gasteiger partial charge in [-0.1, -0.05) is 18.2 Å². The van der Waals surface area contributed by atoms with E-state index in [0.29, 0.717) is 16.8 Å². The smallest absolute Gasteiger partial charge is 0.311 e. The average molecular weight is 449 g/mol. The Kier molecular flexibility index (Phi) is 5.48. The SMILES string of the molecule is COc1ccc(-c2nn(-c3ccccc3)cc2C=C2C(=O)NC(=S)NC2=O)cc1[N+](=O)[O-]. The molecule has 0 unspecified atom stereocenters. The van der Waals surface area contributed by atoms with E-state index in [4.69, 9.17) is 17.0 Å². The summed E-state index contributed by atoms with van der Waals surface area (Å²) in [5.41, 5.74) is 1.46. The molecule has 1 aliphatic heterocycles. The number of methoxy groups -OCH3 is 1. The molecule has 1 aliphatic rings. The van der Waals surface area contributed by atoms with Crippen LogP contribution in [-0.4, -0.2) is 38.7 Å². The Morgan fingerprint density at radius 2 is 1.81 bits per heavy atom. The highest BCUT2D eigenvalue weighted by molar-refractivity contribution is 7.80. The molecule has 2 N–H and O–H groups in total. The molecular formula is C21H15N5O5S. The van der Waals surface area contributed by atoms with E-state index in [1.165, 1.54) is 25.3 Å². The van der Waals surface area contributed by atoms with Crippen LogP contribution in [0.4, 0.5) is 5.69 Å². The van der Waals surface area contributed by atoms with Gasteiger partial charge in [0.1, 0.15) is 11.3 Å². The Morgan fingerprint density at radius 1 is 1.12 bits per heavy atom. The highest BCUT2D eigenvalue weighted by Crippen LogP contribution is 2.34. The van der Waals surface area contributed by atoms with Gasteiger partial charge in [-0.25, -0.2) is 4.68 Å². The molecule has 10 nitrogen and oxygen atoms in total. The molecule has 0 atom stereocenters. The first-order chi connectivity index (χ1) is 15.4. The van der Waals surface area contributed by atoms with Crippen LogP contribution in [0.2, 0.25) is 0 Å². The maximum atomic E-state index is 12.3. The van der Waals surface area contributed by atoms with Gasteiger partial charge < -0.3 is 4.74 Å². The standard InChI is InChI=1S/C21H15N5O5S/c1-31-17-8-7-12(10-16(17)26(29)30)18-13(9-15-19(27)22-21(32)23-20(15)28)11-25(24-18)14-5-3-2-4-6-14/h2-11H,1H3,(H2,22,23,27,28,32). The molecule has 4 rings (SSSR count). The molecule has 2 heterocycles. The van der Waals surface area contributed by atoms with Crippen molar-refractivity contribution >= 4 is 40.9 Å². The summed E-state index contributed by atoms with van der Waals surface area (Å²) < 4.78 is 6.62. The summed E-state index contributed by atoms with van der Waals surface area (Å²) in [7, 11) is 1.34. The zero-order valence-corrected chi connectivity index (χ0v) is 17.4. The number of nitrogens with zero attached hydrogens (tertiary/aromatic N) is 3. The van der Waals surface area contributed by atoms with E-state index in [1.807, 2.05) is 30.3 Å². The molecule has 1 aromatic heterocycles. The number of aromatic nitrogens is 2. The van der Waals surface area contributed by atoms with Crippen LogP contribution in [0.1, 0.15) is 5.56 Å². The molecule has 0 aliphatic carbocycles. The number of amides is 2. The molecule has 1 saturated heterocycles. The van der Waals surface area contributed by atoms with Gasteiger partial charge in [0.05, 0.1) is 17.7 Å². The first kappa shape index (κ1) is 20.9. The summed E-state index contributed by atoms with van der Waals surface area (Å²) in [6, 6.07) is 13.6. The van der Waals surface area contributed by atoms with Crippen molar-refractivity contribution < 1.29 is 19.2 Å². The fourth-order valence-corrected chi connectivity index (χ4v) is 3.36. The Hall–Kier alpha value is -4.38. The number of nitro groups is 1. The van der Waals surface area contributed by atoms with E-state index >= 15 is 0 Å². The maximum Gasteiger partial charge on any atom is 0.311 e. The zero-order valence-electron chi connectivity index (χ0n) is 16.6. The lowest BCUT2D eigenvalue weighted by atomic mass is 10.0. The average Bonchev–Trinajstić information content (AvgIpc) is 3.20. The largest absolute Gasteiger partial charge is 0.490 e. The number of rotatable bonds is 5. The van der Waals surface area contributed by atoms with Crippen LogP contribution in [0.5, 0.6) is 5.75 Å². The Labute approximate surface area is 186 Å². The summed E-state index contributed by atoms with van der Waals surface area (Å²) in [4.78, 5) is 35.5. The highest BCUT2D eigenvalue weighted by atomic mass is 32.1. The van der Waals surface area contributed by atoms with Crippen LogP contribution in [0.3, 0.4) is 0 Å². The fourth-order valence-electron chi connectivity index (χ4n) is 3.17. The van der Waals surface area contributed by atoms with Crippen molar-refractivity contribution in [3.63, 3.8) is 0 Å². The van der Waals surface area contributed by atoms with Gasteiger partial charge >= 0.3 is 5.69 Å². The molecule has 2 amide bonds. The second-order valence-electron chi connectivity index (χ2n) is 6.65. The number of benzene rings is 2. The predicted octanol–water partition coefficient (Wildman–Crippen LogP) is 2.37. The lowest BCUT2D eigenvalue weighted by Crippen LogP contribution is -2.51. The molecule has 32 heavy (non-hydrogen) atoms. The number of carbonyl (C=O) groups is 2. The molecule has 2 aromatic carbocycles. The van der Waals surface area contributed by atoms with Crippen molar-refractivity contribution in [1.82, 2.24) is 20.4 Å². The van der Waals surface area contributed by atoms with Gasteiger partial charge in [-0.2, -0.15) is 5.10 Å². The summed E-state index contributed by atoms with van der Waals surface area (Å²) >= 11 is 4.83. The summed E-state index contributed by atoms with van der Waals surface area (Å²) in [6.45, 7) is 0. The molecule has 11 heteroatoms. The van der Waals surface area contributed by atoms with Crippen molar-refractivity contribution in [3.8, 4) is 22.7 Å². The van der Waals surface area contributed by atoms with Crippen molar-refractivity contribution in [1.29, 1.82) is 0 Å². The zero-order chi connectivity index (χ0) is 22.8. The molecule has 1 fully saturated rings. The highest BCUT2D eigenvalue weighted by Gasteiger charge is 2.27. The van der Waals surface area contributed by atoms with Gasteiger partial charge in [0.15, 0.2) is 10.9 Å². The van der Waals surface area contributed by atoms with Gasteiger partial charge in [0.2, 0.25) is 0 Å². The predicted molar refractivity (Wildman–Crippen MR) is 119 cm³/mol. The third-order valence-electron chi connectivity index (χ3n) is 4.66. The number of hydrogen-bond donors (Lipinski definition) is 2. The molecule has 0 spiro atoms. The van der Waals surface area contributed by atoms with Crippen molar-refractivity contribution in [2.75, 3.05) is 7.11 Å². The number of thiocarbonyl (C=S) groups is 1. The minimum Gasteiger partial charge on any atom is -0.490 e.